The lowest BCUT2D eigenvalue weighted by Gasteiger charge is -2.34. The summed E-state index contributed by atoms with van der Waals surface area (Å²) in [7, 11) is -3.22. The molecular formula is C17H21N3O3S. The number of nitrogens with zero attached hydrogens (tertiary/aromatic N) is 2. The van der Waals surface area contributed by atoms with Crippen molar-refractivity contribution in [1.29, 1.82) is 0 Å². The van der Waals surface area contributed by atoms with E-state index < -0.39 is 9.84 Å². The van der Waals surface area contributed by atoms with Crippen molar-refractivity contribution in [3.63, 3.8) is 0 Å². The number of rotatable bonds is 4. The Labute approximate surface area is 142 Å². The van der Waals surface area contributed by atoms with Crippen LogP contribution in [0.1, 0.15) is 18.7 Å². The standard InChI is InChI=1S/C17H21N3O3S/c1-13-16-4-3-9-19(16)10-11-20(13)12-17(21)18-14-5-7-15(8-6-14)24(2,22)23/h3-9,13H,10-12H2,1-2H3,(H,18,21)/t13-/m1/s1. The molecule has 0 saturated carbocycles. The fourth-order valence-electron chi connectivity index (χ4n) is 3.01. The van der Waals surface area contributed by atoms with Crippen molar-refractivity contribution in [2.24, 2.45) is 0 Å². The largest absolute Gasteiger partial charge is 0.349 e. The Balaban J connectivity index is 1.62. The van der Waals surface area contributed by atoms with Crippen LogP contribution in [0.5, 0.6) is 0 Å². The topological polar surface area (TPSA) is 71.4 Å². The summed E-state index contributed by atoms with van der Waals surface area (Å²) in [6.45, 7) is 4.10. The van der Waals surface area contributed by atoms with Crippen LogP contribution in [0, 0.1) is 0 Å². The highest BCUT2D eigenvalue weighted by atomic mass is 32.2. The van der Waals surface area contributed by atoms with E-state index in [1.165, 1.54) is 17.8 Å². The molecule has 24 heavy (non-hydrogen) atoms. The molecule has 0 aliphatic carbocycles. The Kier molecular flexibility index (Phi) is 4.47. The first-order valence-corrected chi connectivity index (χ1v) is 9.73. The van der Waals surface area contributed by atoms with Gasteiger partial charge in [-0.05, 0) is 43.3 Å². The van der Waals surface area contributed by atoms with Gasteiger partial charge >= 0.3 is 0 Å². The number of benzene rings is 1. The van der Waals surface area contributed by atoms with Crippen molar-refractivity contribution < 1.29 is 13.2 Å². The minimum absolute atomic E-state index is 0.103. The third-order valence-corrected chi connectivity index (χ3v) is 5.51. The fourth-order valence-corrected chi connectivity index (χ4v) is 3.64. The van der Waals surface area contributed by atoms with Crippen molar-refractivity contribution in [3.05, 3.63) is 48.3 Å². The SMILES string of the molecule is C[C@@H]1c2cccn2CCN1CC(=O)Nc1ccc(S(C)(=O)=O)cc1. The Hall–Kier alpha value is -2.12. The molecule has 0 fully saturated rings. The molecule has 2 heterocycles. The third-order valence-electron chi connectivity index (χ3n) is 4.38. The van der Waals surface area contributed by atoms with E-state index in [2.05, 4.69) is 34.0 Å². The predicted molar refractivity (Wildman–Crippen MR) is 92.6 cm³/mol. The van der Waals surface area contributed by atoms with Crippen LogP contribution in [0.2, 0.25) is 0 Å². The zero-order valence-corrected chi connectivity index (χ0v) is 14.6. The highest BCUT2D eigenvalue weighted by Gasteiger charge is 2.24. The van der Waals surface area contributed by atoms with Gasteiger partial charge in [0.15, 0.2) is 9.84 Å². The predicted octanol–water partition coefficient (Wildman–Crippen LogP) is 1.91. The maximum atomic E-state index is 12.3. The summed E-state index contributed by atoms with van der Waals surface area (Å²) in [6.07, 6.45) is 3.22. The van der Waals surface area contributed by atoms with E-state index in [0.29, 0.717) is 12.2 Å². The van der Waals surface area contributed by atoms with Gasteiger partial charge in [0.25, 0.3) is 0 Å². The average molecular weight is 347 g/mol. The maximum absolute atomic E-state index is 12.3. The molecule has 1 N–H and O–H groups in total. The number of aromatic nitrogens is 1. The van der Waals surface area contributed by atoms with E-state index in [1.807, 2.05) is 6.07 Å². The van der Waals surface area contributed by atoms with Gasteiger partial charge in [-0.25, -0.2) is 8.42 Å². The Morgan fingerprint density at radius 1 is 1.21 bits per heavy atom. The molecule has 0 bridgehead atoms. The summed E-state index contributed by atoms with van der Waals surface area (Å²) >= 11 is 0. The number of sulfone groups is 1. The number of anilines is 1. The summed E-state index contributed by atoms with van der Waals surface area (Å²) in [4.78, 5) is 14.7. The molecule has 6 nitrogen and oxygen atoms in total. The summed E-state index contributed by atoms with van der Waals surface area (Å²) < 4.78 is 25.1. The zero-order chi connectivity index (χ0) is 17.3. The van der Waals surface area contributed by atoms with Crippen molar-refractivity contribution in [2.45, 2.75) is 24.4 Å². The average Bonchev–Trinajstić information content (AvgIpc) is 2.99. The zero-order valence-electron chi connectivity index (χ0n) is 13.8. The van der Waals surface area contributed by atoms with Crippen LogP contribution in [0.3, 0.4) is 0 Å². The molecule has 7 heteroatoms. The summed E-state index contributed by atoms with van der Waals surface area (Å²) in [5.74, 6) is -0.103. The second kappa shape index (κ2) is 6.41. The van der Waals surface area contributed by atoms with Gasteiger partial charge in [0.2, 0.25) is 5.91 Å². The lowest BCUT2D eigenvalue weighted by Crippen LogP contribution is -2.41. The first-order valence-electron chi connectivity index (χ1n) is 7.83. The molecular weight excluding hydrogens is 326 g/mol. The van der Waals surface area contributed by atoms with Gasteiger partial charge in [-0.15, -0.1) is 0 Å². The molecule has 128 valence electrons. The number of carbonyl (C=O) groups excluding carboxylic acids is 1. The Bertz CT molecular complexity index is 840. The second-order valence-electron chi connectivity index (χ2n) is 6.12. The van der Waals surface area contributed by atoms with Crippen LogP contribution in [0.15, 0.2) is 47.5 Å². The first-order chi connectivity index (χ1) is 11.3. The van der Waals surface area contributed by atoms with Gasteiger partial charge in [-0.2, -0.15) is 0 Å². The molecule has 0 radical (unpaired) electrons. The highest BCUT2D eigenvalue weighted by Crippen LogP contribution is 2.25. The number of hydrogen-bond donors (Lipinski definition) is 1. The molecule has 1 amide bonds. The maximum Gasteiger partial charge on any atom is 0.238 e. The van der Waals surface area contributed by atoms with Crippen LogP contribution >= 0.6 is 0 Å². The summed E-state index contributed by atoms with van der Waals surface area (Å²) in [5, 5.41) is 2.82. The number of hydrogen-bond acceptors (Lipinski definition) is 4. The van der Waals surface area contributed by atoms with Gasteiger partial charge in [0.1, 0.15) is 0 Å². The molecule has 0 unspecified atom stereocenters. The molecule has 1 aliphatic rings. The van der Waals surface area contributed by atoms with E-state index in [4.69, 9.17) is 0 Å². The number of carbonyl (C=O) groups is 1. The molecule has 2 aromatic rings. The van der Waals surface area contributed by atoms with E-state index in [-0.39, 0.29) is 16.8 Å². The van der Waals surface area contributed by atoms with Gasteiger partial charge in [0.05, 0.1) is 11.4 Å². The molecule has 0 spiro atoms. The third kappa shape index (κ3) is 3.52. The Morgan fingerprint density at radius 2 is 1.92 bits per heavy atom. The monoisotopic (exact) mass is 347 g/mol. The normalized spacial score (nSPS) is 18.2. The molecule has 1 atom stereocenters. The summed E-state index contributed by atoms with van der Waals surface area (Å²) in [5.41, 5.74) is 1.81. The number of nitrogens with one attached hydrogen (secondary N) is 1. The van der Waals surface area contributed by atoms with Gasteiger partial charge in [-0.3, -0.25) is 9.69 Å². The van der Waals surface area contributed by atoms with Crippen LogP contribution in [0.25, 0.3) is 0 Å². The second-order valence-corrected chi connectivity index (χ2v) is 8.13. The fraction of sp³-hybridized carbons (Fsp3) is 0.353. The van der Waals surface area contributed by atoms with Crippen LogP contribution in [-0.2, 0) is 21.2 Å². The molecule has 0 saturated heterocycles. The van der Waals surface area contributed by atoms with Crippen LogP contribution in [-0.4, -0.2) is 43.1 Å². The van der Waals surface area contributed by atoms with E-state index >= 15 is 0 Å². The van der Waals surface area contributed by atoms with Crippen molar-refractivity contribution in [3.8, 4) is 0 Å². The molecule has 1 aromatic heterocycles. The summed E-state index contributed by atoms with van der Waals surface area (Å²) in [6, 6.07) is 10.5. The highest BCUT2D eigenvalue weighted by molar-refractivity contribution is 7.90. The smallest absolute Gasteiger partial charge is 0.238 e. The lowest BCUT2D eigenvalue weighted by atomic mass is 10.1. The van der Waals surface area contributed by atoms with E-state index in [9.17, 15) is 13.2 Å². The van der Waals surface area contributed by atoms with Crippen molar-refractivity contribution in [1.82, 2.24) is 9.47 Å². The Morgan fingerprint density at radius 3 is 2.58 bits per heavy atom. The van der Waals surface area contributed by atoms with Crippen LogP contribution < -0.4 is 5.32 Å². The minimum atomic E-state index is -3.22. The molecule has 1 aliphatic heterocycles. The van der Waals surface area contributed by atoms with Gasteiger partial charge in [-0.1, -0.05) is 0 Å². The van der Waals surface area contributed by atoms with E-state index in [1.54, 1.807) is 12.1 Å². The molecule has 1 aromatic carbocycles. The lowest BCUT2D eigenvalue weighted by molar-refractivity contribution is -0.118. The van der Waals surface area contributed by atoms with Gasteiger partial charge < -0.3 is 9.88 Å². The first kappa shape index (κ1) is 16.7. The number of fused-ring (bicyclic) bond motifs is 1. The minimum Gasteiger partial charge on any atom is -0.349 e. The van der Waals surface area contributed by atoms with Crippen LogP contribution in [0.4, 0.5) is 5.69 Å². The van der Waals surface area contributed by atoms with Gasteiger partial charge in [0, 0.05) is 43.0 Å². The molecule has 3 rings (SSSR count). The van der Waals surface area contributed by atoms with E-state index in [0.717, 1.165) is 19.3 Å². The number of amides is 1. The van der Waals surface area contributed by atoms with Crippen molar-refractivity contribution >= 4 is 21.4 Å². The van der Waals surface area contributed by atoms with Crippen molar-refractivity contribution in [2.75, 3.05) is 24.7 Å². The quantitative estimate of drug-likeness (QED) is 0.917.